The highest BCUT2D eigenvalue weighted by Gasteiger charge is 2.43. The normalized spacial score (nSPS) is 28.7. The van der Waals surface area contributed by atoms with Crippen molar-refractivity contribution in [2.75, 3.05) is 26.2 Å². The van der Waals surface area contributed by atoms with Gasteiger partial charge in [-0.1, -0.05) is 30.3 Å². The van der Waals surface area contributed by atoms with Crippen LogP contribution in [0.4, 0.5) is 4.79 Å². The molecule has 4 nitrogen and oxygen atoms in total. The maximum Gasteiger partial charge on any atom is 0.410 e. The Balaban J connectivity index is 1.21. The average molecular weight is 286 g/mol. The van der Waals surface area contributed by atoms with Gasteiger partial charge in [-0.15, -0.1) is 0 Å². The molecule has 1 saturated carbocycles. The lowest BCUT2D eigenvalue weighted by atomic mass is 9.70. The quantitative estimate of drug-likeness (QED) is 0.855. The predicted molar refractivity (Wildman–Crippen MR) is 79.8 cm³/mol. The van der Waals surface area contributed by atoms with Crippen molar-refractivity contribution in [1.82, 2.24) is 9.80 Å². The van der Waals surface area contributed by atoms with E-state index in [0.717, 1.165) is 30.5 Å². The highest BCUT2D eigenvalue weighted by atomic mass is 16.6. The number of ether oxygens (including phenoxy) is 1. The summed E-state index contributed by atoms with van der Waals surface area (Å²) < 4.78 is 5.37. The Morgan fingerprint density at radius 3 is 2.38 bits per heavy atom. The molecule has 2 bridgehead atoms. The van der Waals surface area contributed by atoms with Gasteiger partial charge in [0.15, 0.2) is 0 Å². The smallest absolute Gasteiger partial charge is 0.410 e. The monoisotopic (exact) mass is 286 g/mol. The molecular formula is C17H22N2O2. The van der Waals surface area contributed by atoms with Crippen LogP contribution in [-0.4, -0.2) is 48.1 Å². The summed E-state index contributed by atoms with van der Waals surface area (Å²) in [7, 11) is 0. The van der Waals surface area contributed by atoms with Crippen LogP contribution in [0.1, 0.15) is 18.4 Å². The van der Waals surface area contributed by atoms with E-state index in [-0.39, 0.29) is 6.09 Å². The number of carbonyl (C=O) groups is 1. The second-order valence-corrected chi connectivity index (χ2v) is 6.76. The number of hydrogen-bond donors (Lipinski definition) is 0. The number of fused-ring (bicyclic) bond motifs is 2. The van der Waals surface area contributed by atoms with E-state index in [1.165, 1.54) is 25.9 Å². The predicted octanol–water partition coefficient (Wildman–Crippen LogP) is 2.35. The number of piperidine rings is 2. The van der Waals surface area contributed by atoms with E-state index < -0.39 is 0 Å². The molecule has 21 heavy (non-hydrogen) atoms. The van der Waals surface area contributed by atoms with Crippen LogP contribution < -0.4 is 0 Å². The van der Waals surface area contributed by atoms with Crippen LogP contribution in [0, 0.1) is 11.8 Å². The van der Waals surface area contributed by atoms with E-state index in [9.17, 15) is 4.79 Å². The van der Waals surface area contributed by atoms with Gasteiger partial charge in [0.1, 0.15) is 6.61 Å². The van der Waals surface area contributed by atoms with Gasteiger partial charge in [0, 0.05) is 32.2 Å². The largest absolute Gasteiger partial charge is 0.445 e. The van der Waals surface area contributed by atoms with Gasteiger partial charge in [-0.2, -0.15) is 0 Å². The Morgan fingerprint density at radius 1 is 1.05 bits per heavy atom. The fourth-order valence-corrected chi connectivity index (χ4v) is 3.85. The molecule has 5 rings (SSSR count). The number of nitrogens with zero attached hydrogens (tertiary/aromatic N) is 2. The third kappa shape index (κ3) is 2.64. The Hall–Kier alpha value is -1.55. The number of carbonyl (C=O) groups excluding carboxylic acids is 1. The molecule has 1 amide bonds. The topological polar surface area (TPSA) is 32.8 Å². The zero-order chi connectivity index (χ0) is 14.2. The fourth-order valence-electron chi connectivity index (χ4n) is 3.85. The summed E-state index contributed by atoms with van der Waals surface area (Å²) >= 11 is 0. The molecule has 1 aromatic rings. The third-order valence-corrected chi connectivity index (χ3v) is 5.16. The number of hydrogen-bond acceptors (Lipinski definition) is 3. The number of benzene rings is 1. The van der Waals surface area contributed by atoms with Crippen LogP contribution in [0.3, 0.4) is 0 Å². The lowest BCUT2D eigenvalue weighted by molar-refractivity contribution is -0.0468. The molecule has 0 atom stereocenters. The van der Waals surface area contributed by atoms with Crippen molar-refractivity contribution < 1.29 is 9.53 Å². The van der Waals surface area contributed by atoms with Crippen molar-refractivity contribution in [1.29, 1.82) is 0 Å². The molecule has 1 aromatic carbocycles. The van der Waals surface area contributed by atoms with Gasteiger partial charge >= 0.3 is 6.09 Å². The van der Waals surface area contributed by atoms with Crippen molar-refractivity contribution in [3.8, 4) is 0 Å². The van der Waals surface area contributed by atoms with Gasteiger partial charge in [0.25, 0.3) is 0 Å². The first-order valence-corrected chi connectivity index (χ1v) is 7.97. The molecule has 4 fully saturated rings. The van der Waals surface area contributed by atoms with Crippen LogP contribution in [0.15, 0.2) is 30.3 Å². The lowest BCUT2D eigenvalue weighted by Gasteiger charge is -2.53. The molecule has 0 radical (unpaired) electrons. The van der Waals surface area contributed by atoms with Crippen molar-refractivity contribution in [2.45, 2.75) is 25.5 Å². The van der Waals surface area contributed by atoms with Crippen molar-refractivity contribution >= 4 is 6.09 Å². The Labute approximate surface area is 125 Å². The van der Waals surface area contributed by atoms with Crippen LogP contribution in [-0.2, 0) is 11.3 Å². The highest BCUT2D eigenvalue weighted by Crippen LogP contribution is 2.40. The molecular weight excluding hydrogens is 264 g/mol. The van der Waals surface area contributed by atoms with Crippen LogP contribution in [0.5, 0.6) is 0 Å². The molecule has 0 N–H and O–H groups in total. The summed E-state index contributed by atoms with van der Waals surface area (Å²) in [4.78, 5) is 16.4. The first kappa shape index (κ1) is 13.1. The van der Waals surface area contributed by atoms with Gasteiger partial charge < -0.3 is 9.64 Å². The Morgan fingerprint density at radius 2 is 1.71 bits per heavy atom. The Kier molecular flexibility index (Phi) is 3.34. The standard InChI is InChI=1S/C17H22N2O2/c20-17(21-12-13-4-2-1-3-5-13)19-10-16(11-19)18-8-14-6-15(7-14)9-18/h1-5,14-16H,6-12H2. The van der Waals surface area contributed by atoms with Gasteiger partial charge in [-0.25, -0.2) is 4.79 Å². The number of likely N-dealkylation sites (tertiary alicyclic amines) is 1. The molecule has 4 aliphatic rings. The number of rotatable bonds is 3. The molecule has 3 saturated heterocycles. The van der Waals surface area contributed by atoms with Gasteiger partial charge in [-0.05, 0) is 30.2 Å². The summed E-state index contributed by atoms with van der Waals surface area (Å²) in [5, 5.41) is 0. The van der Waals surface area contributed by atoms with Crippen molar-refractivity contribution in [3.05, 3.63) is 35.9 Å². The zero-order valence-corrected chi connectivity index (χ0v) is 12.3. The fraction of sp³-hybridized carbons (Fsp3) is 0.588. The van der Waals surface area contributed by atoms with E-state index in [2.05, 4.69) is 4.90 Å². The van der Waals surface area contributed by atoms with Crippen LogP contribution >= 0.6 is 0 Å². The molecule has 3 aliphatic heterocycles. The first-order chi connectivity index (χ1) is 10.3. The van der Waals surface area contributed by atoms with E-state index in [0.29, 0.717) is 12.6 Å². The zero-order valence-electron chi connectivity index (χ0n) is 12.3. The summed E-state index contributed by atoms with van der Waals surface area (Å²) in [5.41, 5.74) is 1.04. The second kappa shape index (κ2) is 5.34. The average Bonchev–Trinajstić information content (AvgIpc) is 2.44. The van der Waals surface area contributed by atoms with Gasteiger partial charge in [0.2, 0.25) is 0 Å². The summed E-state index contributed by atoms with van der Waals surface area (Å²) in [6.45, 7) is 4.54. The lowest BCUT2D eigenvalue weighted by Crippen LogP contribution is -2.65. The van der Waals surface area contributed by atoms with E-state index in [1.54, 1.807) is 0 Å². The van der Waals surface area contributed by atoms with Crippen molar-refractivity contribution in [2.24, 2.45) is 11.8 Å². The second-order valence-electron chi connectivity index (χ2n) is 6.76. The van der Waals surface area contributed by atoms with Gasteiger partial charge in [-0.3, -0.25) is 4.90 Å². The summed E-state index contributed by atoms with van der Waals surface area (Å²) in [6.07, 6.45) is 2.70. The summed E-state index contributed by atoms with van der Waals surface area (Å²) in [5.74, 6) is 1.87. The SMILES string of the molecule is O=C(OCc1ccccc1)N1CC(N2CC3CC(C3)C2)C1. The minimum absolute atomic E-state index is 0.169. The molecule has 0 aromatic heterocycles. The van der Waals surface area contributed by atoms with Crippen LogP contribution in [0.25, 0.3) is 0 Å². The van der Waals surface area contributed by atoms with Crippen molar-refractivity contribution in [3.63, 3.8) is 0 Å². The highest BCUT2D eigenvalue weighted by molar-refractivity contribution is 5.68. The van der Waals surface area contributed by atoms with E-state index in [1.807, 2.05) is 35.2 Å². The molecule has 0 unspecified atom stereocenters. The maximum absolute atomic E-state index is 12.0. The maximum atomic E-state index is 12.0. The molecule has 0 spiro atoms. The summed E-state index contributed by atoms with van der Waals surface area (Å²) in [6, 6.07) is 10.4. The first-order valence-electron chi connectivity index (χ1n) is 7.97. The minimum atomic E-state index is -0.169. The van der Waals surface area contributed by atoms with E-state index in [4.69, 9.17) is 4.74 Å². The molecule has 1 aliphatic carbocycles. The molecule has 112 valence electrons. The third-order valence-electron chi connectivity index (χ3n) is 5.16. The Bertz CT molecular complexity index is 497. The molecule has 4 heteroatoms. The van der Waals surface area contributed by atoms with Crippen LogP contribution in [0.2, 0.25) is 0 Å². The van der Waals surface area contributed by atoms with E-state index >= 15 is 0 Å². The molecule has 3 heterocycles. The minimum Gasteiger partial charge on any atom is -0.445 e. The van der Waals surface area contributed by atoms with Gasteiger partial charge in [0.05, 0.1) is 0 Å². The number of amides is 1.